The lowest BCUT2D eigenvalue weighted by Gasteiger charge is -1.98. The molecule has 0 bridgehead atoms. The SMILES string of the molecule is Nc1ccc(-c2noc3ccc(Br)cc23)cc1. The first-order chi connectivity index (χ1) is 8.24. The van der Waals surface area contributed by atoms with E-state index in [4.69, 9.17) is 10.3 Å². The lowest BCUT2D eigenvalue weighted by Crippen LogP contribution is -1.84. The smallest absolute Gasteiger partial charge is 0.167 e. The highest BCUT2D eigenvalue weighted by atomic mass is 79.9. The van der Waals surface area contributed by atoms with Gasteiger partial charge in [0.1, 0.15) is 5.69 Å². The van der Waals surface area contributed by atoms with Gasteiger partial charge in [-0.1, -0.05) is 33.2 Å². The number of hydrogen-bond donors (Lipinski definition) is 1. The number of nitrogens with zero attached hydrogens (tertiary/aromatic N) is 1. The fraction of sp³-hybridized carbons (Fsp3) is 0. The van der Waals surface area contributed by atoms with Crippen molar-refractivity contribution in [3.8, 4) is 11.3 Å². The summed E-state index contributed by atoms with van der Waals surface area (Å²) in [6.45, 7) is 0. The number of aromatic nitrogens is 1. The molecule has 0 spiro atoms. The molecule has 0 atom stereocenters. The first-order valence-electron chi connectivity index (χ1n) is 5.15. The second kappa shape index (κ2) is 3.89. The van der Waals surface area contributed by atoms with E-state index in [0.717, 1.165) is 32.4 Å². The Bertz CT molecular complexity index is 673. The molecule has 0 radical (unpaired) electrons. The Morgan fingerprint density at radius 1 is 1.06 bits per heavy atom. The lowest BCUT2D eigenvalue weighted by molar-refractivity contribution is 0.459. The van der Waals surface area contributed by atoms with Crippen molar-refractivity contribution in [3.63, 3.8) is 0 Å². The lowest BCUT2D eigenvalue weighted by atomic mass is 10.1. The van der Waals surface area contributed by atoms with Gasteiger partial charge in [0, 0.05) is 15.7 Å². The van der Waals surface area contributed by atoms with Gasteiger partial charge in [-0.25, -0.2) is 0 Å². The fourth-order valence-corrected chi connectivity index (χ4v) is 2.12. The van der Waals surface area contributed by atoms with Crippen LogP contribution in [0.25, 0.3) is 22.2 Å². The summed E-state index contributed by atoms with van der Waals surface area (Å²) in [5.74, 6) is 0. The van der Waals surface area contributed by atoms with Gasteiger partial charge in [-0.15, -0.1) is 0 Å². The molecule has 0 amide bonds. The van der Waals surface area contributed by atoms with Gasteiger partial charge < -0.3 is 10.3 Å². The van der Waals surface area contributed by atoms with Crippen LogP contribution in [0.5, 0.6) is 0 Å². The molecule has 0 aliphatic carbocycles. The van der Waals surface area contributed by atoms with E-state index in [-0.39, 0.29) is 0 Å². The highest BCUT2D eigenvalue weighted by Gasteiger charge is 2.10. The summed E-state index contributed by atoms with van der Waals surface area (Å²) in [5.41, 5.74) is 9.01. The summed E-state index contributed by atoms with van der Waals surface area (Å²) < 4.78 is 6.29. The van der Waals surface area contributed by atoms with Crippen molar-refractivity contribution >= 4 is 32.6 Å². The summed E-state index contributed by atoms with van der Waals surface area (Å²) in [6.07, 6.45) is 0. The maximum Gasteiger partial charge on any atom is 0.167 e. The fourth-order valence-electron chi connectivity index (χ4n) is 1.76. The van der Waals surface area contributed by atoms with Crippen LogP contribution in [0.1, 0.15) is 0 Å². The Hall–Kier alpha value is -1.81. The molecule has 0 aliphatic heterocycles. The minimum atomic E-state index is 0.739. The van der Waals surface area contributed by atoms with Crippen LogP contribution in [-0.2, 0) is 0 Å². The number of nitrogens with two attached hydrogens (primary N) is 1. The molecule has 3 nitrogen and oxygen atoms in total. The van der Waals surface area contributed by atoms with Crippen molar-refractivity contribution in [1.29, 1.82) is 0 Å². The zero-order valence-electron chi connectivity index (χ0n) is 8.85. The predicted octanol–water partition coefficient (Wildman–Crippen LogP) is 3.84. The van der Waals surface area contributed by atoms with Crippen LogP contribution < -0.4 is 5.73 Å². The Balaban J connectivity index is 2.23. The quantitative estimate of drug-likeness (QED) is 0.692. The summed E-state index contributed by atoms with van der Waals surface area (Å²) in [4.78, 5) is 0. The van der Waals surface area contributed by atoms with Crippen LogP contribution >= 0.6 is 15.9 Å². The standard InChI is InChI=1S/C13H9BrN2O/c14-9-3-6-12-11(7-9)13(16-17-12)8-1-4-10(15)5-2-8/h1-7H,15H2. The van der Waals surface area contributed by atoms with Crippen molar-refractivity contribution in [2.45, 2.75) is 0 Å². The molecule has 1 heterocycles. The second-order valence-electron chi connectivity index (χ2n) is 3.79. The summed E-state index contributed by atoms with van der Waals surface area (Å²) >= 11 is 3.45. The molecular formula is C13H9BrN2O. The van der Waals surface area contributed by atoms with Crippen LogP contribution in [0.3, 0.4) is 0 Å². The van der Waals surface area contributed by atoms with Crippen molar-refractivity contribution in [2.24, 2.45) is 0 Å². The molecule has 4 heteroatoms. The van der Waals surface area contributed by atoms with E-state index in [0.29, 0.717) is 0 Å². The molecule has 0 saturated carbocycles. The summed E-state index contributed by atoms with van der Waals surface area (Å²) in [5, 5.41) is 5.09. The van der Waals surface area contributed by atoms with E-state index < -0.39 is 0 Å². The minimum Gasteiger partial charge on any atom is -0.399 e. The summed E-state index contributed by atoms with van der Waals surface area (Å²) in [7, 11) is 0. The van der Waals surface area contributed by atoms with Gasteiger partial charge in [-0.05, 0) is 30.3 Å². The molecule has 1 aromatic heterocycles. The summed E-state index contributed by atoms with van der Waals surface area (Å²) in [6, 6.07) is 13.4. The van der Waals surface area contributed by atoms with E-state index in [1.165, 1.54) is 0 Å². The van der Waals surface area contributed by atoms with E-state index in [9.17, 15) is 0 Å². The predicted molar refractivity (Wildman–Crippen MR) is 71.6 cm³/mol. The third-order valence-corrected chi connectivity index (χ3v) is 3.11. The monoisotopic (exact) mass is 288 g/mol. The molecule has 3 rings (SSSR count). The van der Waals surface area contributed by atoms with E-state index >= 15 is 0 Å². The average molecular weight is 289 g/mol. The van der Waals surface area contributed by atoms with Gasteiger partial charge >= 0.3 is 0 Å². The van der Waals surface area contributed by atoms with Gasteiger partial charge in [-0.2, -0.15) is 0 Å². The number of halogens is 1. The highest BCUT2D eigenvalue weighted by Crippen LogP contribution is 2.30. The number of anilines is 1. The first kappa shape index (κ1) is 10.4. The van der Waals surface area contributed by atoms with Crippen LogP contribution in [0, 0.1) is 0 Å². The van der Waals surface area contributed by atoms with Gasteiger partial charge in [0.25, 0.3) is 0 Å². The maximum absolute atomic E-state index is 5.67. The van der Waals surface area contributed by atoms with Crippen LogP contribution in [0.2, 0.25) is 0 Å². The van der Waals surface area contributed by atoms with Crippen LogP contribution in [0.15, 0.2) is 51.5 Å². The Labute approximate surface area is 106 Å². The molecule has 3 aromatic rings. The Kier molecular flexibility index (Phi) is 2.37. The third-order valence-electron chi connectivity index (χ3n) is 2.62. The van der Waals surface area contributed by atoms with Gasteiger partial charge in [0.05, 0.1) is 5.39 Å². The van der Waals surface area contributed by atoms with Crippen molar-refractivity contribution in [1.82, 2.24) is 5.16 Å². The minimum absolute atomic E-state index is 0.739. The molecule has 2 aromatic carbocycles. The largest absolute Gasteiger partial charge is 0.399 e. The molecule has 0 aliphatic rings. The molecule has 0 fully saturated rings. The van der Waals surface area contributed by atoms with E-state index in [2.05, 4.69) is 21.1 Å². The zero-order valence-corrected chi connectivity index (χ0v) is 10.4. The van der Waals surface area contributed by atoms with Crippen LogP contribution in [0.4, 0.5) is 5.69 Å². The number of hydrogen-bond acceptors (Lipinski definition) is 3. The molecule has 0 unspecified atom stereocenters. The Morgan fingerprint density at radius 3 is 2.59 bits per heavy atom. The van der Waals surface area contributed by atoms with Gasteiger partial charge in [-0.3, -0.25) is 0 Å². The maximum atomic E-state index is 5.67. The topological polar surface area (TPSA) is 52.0 Å². The number of benzene rings is 2. The second-order valence-corrected chi connectivity index (χ2v) is 4.71. The molecule has 17 heavy (non-hydrogen) atoms. The molecule has 84 valence electrons. The first-order valence-corrected chi connectivity index (χ1v) is 5.94. The molecule has 2 N–H and O–H groups in total. The van der Waals surface area contributed by atoms with Gasteiger partial charge in [0.15, 0.2) is 5.58 Å². The van der Waals surface area contributed by atoms with Crippen molar-refractivity contribution in [3.05, 3.63) is 46.9 Å². The zero-order chi connectivity index (χ0) is 11.8. The van der Waals surface area contributed by atoms with E-state index in [1.54, 1.807) is 0 Å². The number of fused-ring (bicyclic) bond motifs is 1. The van der Waals surface area contributed by atoms with E-state index in [1.807, 2.05) is 42.5 Å². The van der Waals surface area contributed by atoms with Crippen molar-refractivity contribution < 1.29 is 4.52 Å². The third kappa shape index (κ3) is 1.80. The van der Waals surface area contributed by atoms with Crippen LogP contribution in [-0.4, -0.2) is 5.16 Å². The van der Waals surface area contributed by atoms with Gasteiger partial charge in [0.2, 0.25) is 0 Å². The Morgan fingerprint density at radius 2 is 1.82 bits per heavy atom. The van der Waals surface area contributed by atoms with Crippen molar-refractivity contribution in [2.75, 3.05) is 5.73 Å². The molecule has 0 saturated heterocycles. The number of nitrogen functional groups attached to an aromatic ring is 1. The highest BCUT2D eigenvalue weighted by molar-refractivity contribution is 9.10. The normalized spacial score (nSPS) is 10.9. The molecular weight excluding hydrogens is 280 g/mol. The average Bonchev–Trinajstić information content (AvgIpc) is 2.73. The number of rotatable bonds is 1.